The van der Waals surface area contributed by atoms with E-state index in [9.17, 15) is 8.78 Å². The number of hydrogen-bond donors (Lipinski definition) is 1. The van der Waals surface area contributed by atoms with Gasteiger partial charge in [0.15, 0.2) is 23.1 Å². The maximum Gasteiger partial charge on any atom is 0.167 e. The van der Waals surface area contributed by atoms with Crippen LogP contribution < -0.4 is 19.9 Å². The van der Waals surface area contributed by atoms with Crippen molar-refractivity contribution in [1.29, 1.82) is 0 Å². The van der Waals surface area contributed by atoms with Crippen LogP contribution in [0.4, 0.5) is 14.5 Å². The molecule has 0 spiro atoms. The molecular formula is C15H15F2NO3. The third-order valence-corrected chi connectivity index (χ3v) is 2.89. The topological polar surface area (TPSA) is 53.7 Å². The molecule has 21 heavy (non-hydrogen) atoms. The van der Waals surface area contributed by atoms with Crippen molar-refractivity contribution in [3.63, 3.8) is 0 Å². The highest BCUT2D eigenvalue weighted by Gasteiger charge is 2.10. The number of hydrogen-bond acceptors (Lipinski definition) is 4. The number of anilines is 1. The number of benzene rings is 2. The standard InChI is InChI=1S/C15H15F2NO3/c1-19-13-4-3-9(5-15(13)20-2)8-21-14-7-10(16)12(18)6-11(14)17/h3-7H,8,18H2,1-2H3. The molecule has 0 unspecified atom stereocenters. The van der Waals surface area contributed by atoms with E-state index in [4.69, 9.17) is 19.9 Å². The molecule has 0 aromatic heterocycles. The zero-order valence-corrected chi connectivity index (χ0v) is 11.7. The van der Waals surface area contributed by atoms with Gasteiger partial charge in [-0.25, -0.2) is 8.78 Å². The zero-order valence-electron chi connectivity index (χ0n) is 11.7. The molecule has 112 valence electrons. The Morgan fingerprint density at radius 3 is 2.29 bits per heavy atom. The predicted molar refractivity (Wildman–Crippen MR) is 74.6 cm³/mol. The van der Waals surface area contributed by atoms with Crippen LogP contribution in [0.25, 0.3) is 0 Å². The van der Waals surface area contributed by atoms with Gasteiger partial charge in [0.05, 0.1) is 19.9 Å². The van der Waals surface area contributed by atoms with Crippen molar-refractivity contribution in [3.8, 4) is 17.2 Å². The molecule has 0 atom stereocenters. The SMILES string of the molecule is COc1ccc(COc2cc(F)c(N)cc2F)cc1OC. The first-order chi connectivity index (χ1) is 10.0. The molecular weight excluding hydrogens is 280 g/mol. The largest absolute Gasteiger partial charge is 0.493 e. The Morgan fingerprint density at radius 1 is 0.905 bits per heavy atom. The average Bonchev–Trinajstić information content (AvgIpc) is 2.49. The van der Waals surface area contributed by atoms with Crippen molar-refractivity contribution in [1.82, 2.24) is 0 Å². The molecule has 0 amide bonds. The molecule has 0 fully saturated rings. The number of nitrogens with two attached hydrogens (primary N) is 1. The fraction of sp³-hybridized carbons (Fsp3) is 0.200. The minimum atomic E-state index is -0.723. The Bertz CT molecular complexity index is 647. The molecule has 0 saturated heterocycles. The van der Waals surface area contributed by atoms with Gasteiger partial charge in [0.2, 0.25) is 0 Å². The van der Waals surface area contributed by atoms with Crippen LogP contribution in [-0.4, -0.2) is 14.2 Å². The van der Waals surface area contributed by atoms with Crippen LogP contribution in [0.5, 0.6) is 17.2 Å². The van der Waals surface area contributed by atoms with Gasteiger partial charge in [-0.1, -0.05) is 6.07 Å². The third-order valence-electron chi connectivity index (χ3n) is 2.89. The second kappa shape index (κ2) is 6.30. The number of ether oxygens (including phenoxy) is 3. The zero-order chi connectivity index (χ0) is 15.4. The van der Waals surface area contributed by atoms with E-state index >= 15 is 0 Å². The van der Waals surface area contributed by atoms with Gasteiger partial charge in [0, 0.05) is 12.1 Å². The summed E-state index contributed by atoms with van der Waals surface area (Å²) in [5, 5.41) is 0. The lowest BCUT2D eigenvalue weighted by Crippen LogP contribution is -2.01. The molecule has 0 bridgehead atoms. The summed E-state index contributed by atoms with van der Waals surface area (Å²) in [4.78, 5) is 0. The molecule has 0 radical (unpaired) electrons. The van der Waals surface area contributed by atoms with Gasteiger partial charge in [0.25, 0.3) is 0 Å². The Balaban J connectivity index is 2.15. The summed E-state index contributed by atoms with van der Waals surface area (Å²) in [5.74, 6) is -0.530. The predicted octanol–water partition coefficient (Wildman–Crippen LogP) is 3.14. The average molecular weight is 295 g/mol. The maximum absolute atomic E-state index is 13.6. The molecule has 0 aliphatic heterocycles. The number of methoxy groups -OCH3 is 2. The fourth-order valence-electron chi connectivity index (χ4n) is 1.79. The molecule has 6 heteroatoms. The van der Waals surface area contributed by atoms with Gasteiger partial charge in [-0.15, -0.1) is 0 Å². The summed E-state index contributed by atoms with van der Waals surface area (Å²) in [6.07, 6.45) is 0. The highest BCUT2D eigenvalue weighted by atomic mass is 19.1. The molecule has 2 aromatic carbocycles. The van der Waals surface area contributed by atoms with Crippen molar-refractivity contribution in [2.75, 3.05) is 20.0 Å². The lowest BCUT2D eigenvalue weighted by Gasteiger charge is -2.11. The van der Waals surface area contributed by atoms with Crippen LogP contribution in [0, 0.1) is 11.6 Å². The van der Waals surface area contributed by atoms with Gasteiger partial charge in [0.1, 0.15) is 12.4 Å². The Kier molecular flexibility index (Phi) is 4.47. The lowest BCUT2D eigenvalue weighted by atomic mass is 10.2. The summed E-state index contributed by atoms with van der Waals surface area (Å²) in [6.45, 7) is 0.0562. The van der Waals surface area contributed by atoms with Crippen molar-refractivity contribution in [2.45, 2.75) is 6.61 Å². The molecule has 0 heterocycles. The number of nitrogen functional groups attached to an aromatic ring is 1. The second-order valence-corrected chi connectivity index (χ2v) is 4.28. The third kappa shape index (κ3) is 3.34. The van der Waals surface area contributed by atoms with Gasteiger partial charge >= 0.3 is 0 Å². The smallest absolute Gasteiger partial charge is 0.167 e. The summed E-state index contributed by atoms with van der Waals surface area (Å²) in [7, 11) is 3.04. The number of rotatable bonds is 5. The lowest BCUT2D eigenvalue weighted by molar-refractivity contribution is 0.287. The van der Waals surface area contributed by atoms with E-state index in [1.165, 1.54) is 14.2 Å². The highest BCUT2D eigenvalue weighted by molar-refractivity contribution is 5.45. The van der Waals surface area contributed by atoms with E-state index in [0.29, 0.717) is 11.5 Å². The van der Waals surface area contributed by atoms with Crippen LogP contribution in [0.3, 0.4) is 0 Å². The Labute approximate surface area is 121 Å². The van der Waals surface area contributed by atoms with Crippen LogP contribution in [0.2, 0.25) is 0 Å². The minimum Gasteiger partial charge on any atom is -0.493 e. The van der Waals surface area contributed by atoms with Crippen LogP contribution in [-0.2, 0) is 6.61 Å². The van der Waals surface area contributed by atoms with E-state index in [1.807, 2.05) is 0 Å². The van der Waals surface area contributed by atoms with Gasteiger partial charge < -0.3 is 19.9 Å². The molecule has 2 rings (SSSR count). The van der Waals surface area contributed by atoms with E-state index in [2.05, 4.69) is 0 Å². The second-order valence-electron chi connectivity index (χ2n) is 4.28. The fourth-order valence-corrected chi connectivity index (χ4v) is 1.79. The molecule has 4 nitrogen and oxygen atoms in total. The first-order valence-corrected chi connectivity index (χ1v) is 6.13. The first kappa shape index (κ1) is 14.9. The summed E-state index contributed by atoms with van der Waals surface area (Å²) in [5.41, 5.74) is 5.73. The molecule has 2 aromatic rings. The maximum atomic E-state index is 13.6. The van der Waals surface area contributed by atoms with Gasteiger partial charge in [-0.3, -0.25) is 0 Å². The number of halogens is 2. The normalized spacial score (nSPS) is 10.3. The first-order valence-electron chi connectivity index (χ1n) is 6.13. The van der Waals surface area contributed by atoms with Crippen LogP contribution in [0.15, 0.2) is 30.3 Å². The van der Waals surface area contributed by atoms with E-state index in [0.717, 1.165) is 17.7 Å². The van der Waals surface area contributed by atoms with E-state index in [1.54, 1.807) is 18.2 Å². The van der Waals surface area contributed by atoms with Gasteiger partial charge in [-0.05, 0) is 17.7 Å². The summed E-state index contributed by atoms with van der Waals surface area (Å²) in [6, 6.07) is 6.96. The monoisotopic (exact) mass is 295 g/mol. The quantitative estimate of drug-likeness (QED) is 0.861. The van der Waals surface area contributed by atoms with Crippen LogP contribution in [0.1, 0.15) is 5.56 Å². The van der Waals surface area contributed by atoms with E-state index < -0.39 is 11.6 Å². The molecule has 2 N–H and O–H groups in total. The van der Waals surface area contributed by atoms with Crippen molar-refractivity contribution < 1.29 is 23.0 Å². The highest BCUT2D eigenvalue weighted by Crippen LogP contribution is 2.29. The molecule has 0 saturated carbocycles. The summed E-state index contributed by atoms with van der Waals surface area (Å²) < 4.78 is 42.4. The Morgan fingerprint density at radius 2 is 1.62 bits per heavy atom. The van der Waals surface area contributed by atoms with Crippen molar-refractivity contribution >= 4 is 5.69 Å². The van der Waals surface area contributed by atoms with Gasteiger partial charge in [-0.2, -0.15) is 0 Å². The summed E-state index contributed by atoms with van der Waals surface area (Å²) >= 11 is 0. The van der Waals surface area contributed by atoms with Crippen LogP contribution >= 0.6 is 0 Å². The molecule has 0 aliphatic rings. The van der Waals surface area contributed by atoms with Crippen molar-refractivity contribution in [2.24, 2.45) is 0 Å². The Hall–Kier alpha value is -2.50. The molecule has 0 aliphatic carbocycles. The van der Waals surface area contributed by atoms with E-state index in [-0.39, 0.29) is 18.0 Å². The minimum absolute atomic E-state index is 0.0562. The van der Waals surface area contributed by atoms with Crippen molar-refractivity contribution in [3.05, 3.63) is 47.5 Å².